The highest BCUT2D eigenvalue weighted by Crippen LogP contribution is 2.54. The molecule has 0 aliphatic heterocycles. The molecule has 0 aromatic heterocycles. The summed E-state index contributed by atoms with van der Waals surface area (Å²) in [7, 11) is 0. The van der Waals surface area contributed by atoms with Crippen molar-refractivity contribution in [3.8, 4) is 0 Å². The molecule has 0 saturated heterocycles. The van der Waals surface area contributed by atoms with Crippen LogP contribution in [0, 0.1) is 23.7 Å². The molecule has 0 amide bonds. The zero-order valence-corrected chi connectivity index (χ0v) is 11.4. The van der Waals surface area contributed by atoms with Crippen molar-refractivity contribution < 1.29 is 0 Å². The van der Waals surface area contributed by atoms with Crippen LogP contribution in [0.25, 0.3) is 0 Å². The van der Waals surface area contributed by atoms with Crippen molar-refractivity contribution in [1.82, 2.24) is 0 Å². The van der Waals surface area contributed by atoms with Crippen LogP contribution in [0.1, 0.15) is 32.1 Å². The summed E-state index contributed by atoms with van der Waals surface area (Å²) < 4.78 is 0. The fraction of sp³-hybridized carbons (Fsp3) is 0.625. The average molecular weight is 262 g/mol. The van der Waals surface area contributed by atoms with Gasteiger partial charge in [0.05, 0.1) is 0 Å². The highest BCUT2D eigenvalue weighted by molar-refractivity contribution is 6.30. The molecule has 5 rings (SSSR count). The maximum absolute atomic E-state index is 5.95. The predicted molar refractivity (Wildman–Crippen MR) is 75.9 cm³/mol. The molecule has 1 aromatic rings. The lowest BCUT2D eigenvalue weighted by atomic mass is 9.54. The van der Waals surface area contributed by atoms with E-state index in [1.54, 1.807) is 0 Å². The van der Waals surface area contributed by atoms with Crippen molar-refractivity contribution in [2.75, 3.05) is 5.32 Å². The minimum absolute atomic E-state index is 0.721. The molecule has 96 valence electrons. The number of benzene rings is 1. The van der Waals surface area contributed by atoms with E-state index in [1.165, 1.54) is 37.8 Å². The molecule has 1 N–H and O–H groups in total. The van der Waals surface area contributed by atoms with Crippen LogP contribution in [0.3, 0.4) is 0 Å². The number of anilines is 1. The molecule has 0 spiro atoms. The number of nitrogens with one attached hydrogen (secondary N) is 1. The highest BCUT2D eigenvalue weighted by atomic mass is 35.5. The van der Waals surface area contributed by atoms with E-state index >= 15 is 0 Å². The van der Waals surface area contributed by atoms with E-state index in [9.17, 15) is 0 Å². The zero-order chi connectivity index (χ0) is 12.1. The van der Waals surface area contributed by atoms with Gasteiger partial charge in [-0.15, -0.1) is 0 Å². The summed E-state index contributed by atoms with van der Waals surface area (Å²) in [5.41, 5.74) is 1.25. The third-order valence-electron chi connectivity index (χ3n) is 5.40. The Hall–Kier alpha value is -0.690. The van der Waals surface area contributed by atoms with Crippen molar-refractivity contribution in [2.45, 2.75) is 38.1 Å². The van der Waals surface area contributed by atoms with Crippen molar-refractivity contribution in [3.05, 3.63) is 29.3 Å². The van der Waals surface area contributed by atoms with E-state index in [-0.39, 0.29) is 0 Å². The van der Waals surface area contributed by atoms with Gasteiger partial charge in [-0.3, -0.25) is 0 Å². The molecule has 18 heavy (non-hydrogen) atoms. The minimum atomic E-state index is 0.721. The normalized spacial score (nSPS) is 41.1. The Morgan fingerprint density at radius 2 is 1.39 bits per heavy atom. The number of hydrogen-bond donors (Lipinski definition) is 1. The maximum Gasteiger partial charge on any atom is 0.0407 e. The lowest BCUT2D eigenvalue weighted by Gasteiger charge is -2.54. The maximum atomic E-state index is 5.95. The molecular formula is C16H20ClN. The molecule has 0 unspecified atom stereocenters. The van der Waals surface area contributed by atoms with Crippen molar-refractivity contribution >= 4 is 17.3 Å². The second-order valence-electron chi connectivity index (χ2n) is 6.61. The van der Waals surface area contributed by atoms with Crippen LogP contribution in [-0.4, -0.2) is 6.04 Å². The molecule has 4 saturated carbocycles. The van der Waals surface area contributed by atoms with E-state index < -0.39 is 0 Å². The monoisotopic (exact) mass is 261 g/mol. The molecule has 0 heterocycles. The first kappa shape index (κ1) is 11.2. The SMILES string of the molecule is Clc1ccc(NC2C3CC4CC(C3)CC2C4)cc1. The largest absolute Gasteiger partial charge is 0.382 e. The van der Waals surface area contributed by atoms with Crippen LogP contribution < -0.4 is 5.32 Å². The van der Waals surface area contributed by atoms with E-state index in [1.807, 2.05) is 12.1 Å². The lowest BCUT2D eigenvalue weighted by molar-refractivity contribution is 0.00754. The van der Waals surface area contributed by atoms with Gasteiger partial charge in [-0.25, -0.2) is 0 Å². The van der Waals surface area contributed by atoms with Crippen molar-refractivity contribution in [3.63, 3.8) is 0 Å². The Balaban J connectivity index is 1.53. The fourth-order valence-corrected chi connectivity index (χ4v) is 5.03. The first-order valence-electron chi connectivity index (χ1n) is 7.30. The van der Waals surface area contributed by atoms with Gasteiger partial charge in [-0.1, -0.05) is 11.6 Å². The quantitative estimate of drug-likeness (QED) is 0.822. The van der Waals surface area contributed by atoms with E-state index in [0.29, 0.717) is 0 Å². The van der Waals surface area contributed by atoms with Gasteiger partial charge in [0.2, 0.25) is 0 Å². The Bertz CT molecular complexity index is 411. The molecule has 4 fully saturated rings. The second kappa shape index (κ2) is 4.16. The molecular weight excluding hydrogens is 242 g/mol. The van der Waals surface area contributed by atoms with Crippen molar-refractivity contribution in [1.29, 1.82) is 0 Å². The summed E-state index contributed by atoms with van der Waals surface area (Å²) in [6, 6.07) is 8.93. The van der Waals surface area contributed by atoms with Crippen LogP contribution in [0.4, 0.5) is 5.69 Å². The van der Waals surface area contributed by atoms with E-state index in [4.69, 9.17) is 11.6 Å². The minimum Gasteiger partial charge on any atom is -0.382 e. The molecule has 4 bridgehead atoms. The summed E-state index contributed by atoms with van der Waals surface area (Å²) in [5.74, 6) is 3.96. The van der Waals surface area contributed by atoms with Crippen molar-refractivity contribution in [2.24, 2.45) is 23.7 Å². The summed E-state index contributed by atoms with van der Waals surface area (Å²) in [4.78, 5) is 0. The molecule has 0 atom stereocenters. The first-order valence-corrected chi connectivity index (χ1v) is 7.68. The van der Waals surface area contributed by atoms with Crippen LogP contribution in [0.2, 0.25) is 5.02 Å². The number of halogens is 1. The number of rotatable bonds is 2. The molecule has 4 aliphatic rings. The van der Waals surface area contributed by atoms with Crippen LogP contribution in [-0.2, 0) is 0 Å². The van der Waals surface area contributed by atoms with Gasteiger partial charge in [-0.05, 0) is 80.0 Å². The van der Waals surface area contributed by atoms with Gasteiger partial charge in [-0.2, -0.15) is 0 Å². The lowest BCUT2D eigenvalue weighted by Crippen LogP contribution is -2.51. The summed E-state index contributed by atoms with van der Waals surface area (Å²) >= 11 is 5.95. The van der Waals surface area contributed by atoms with Gasteiger partial charge in [0.15, 0.2) is 0 Å². The van der Waals surface area contributed by atoms with Crippen LogP contribution in [0.5, 0.6) is 0 Å². The van der Waals surface area contributed by atoms with Gasteiger partial charge in [0, 0.05) is 16.8 Å². The third-order valence-corrected chi connectivity index (χ3v) is 5.66. The summed E-state index contributed by atoms with van der Waals surface area (Å²) in [6.07, 6.45) is 7.41. The highest BCUT2D eigenvalue weighted by Gasteiger charge is 2.48. The summed E-state index contributed by atoms with van der Waals surface area (Å²) in [5, 5.41) is 4.62. The molecule has 1 nitrogen and oxygen atoms in total. The van der Waals surface area contributed by atoms with Gasteiger partial charge in [0.25, 0.3) is 0 Å². The second-order valence-corrected chi connectivity index (χ2v) is 7.04. The molecule has 0 radical (unpaired) electrons. The third kappa shape index (κ3) is 1.84. The Morgan fingerprint density at radius 3 is 1.94 bits per heavy atom. The van der Waals surface area contributed by atoms with E-state index in [0.717, 1.165) is 34.7 Å². The smallest absolute Gasteiger partial charge is 0.0407 e. The van der Waals surface area contributed by atoms with Crippen LogP contribution in [0.15, 0.2) is 24.3 Å². The van der Waals surface area contributed by atoms with Gasteiger partial charge < -0.3 is 5.32 Å². The average Bonchev–Trinajstić information content (AvgIpc) is 2.35. The first-order chi connectivity index (χ1) is 8.78. The van der Waals surface area contributed by atoms with Gasteiger partial charge in [0.1, 0.15) is 0 Å². The Labute approximate surface area is 114 Å². The zero-order valence-electron chi connectivity index (χ0n) is 10.6. The van der Waals surface area contributed by atoms with E-state index in [2.05, 4.69) is 17.4 Å². The Morgan fingerprint density at radius 1 is 0.833 bits per heavy atom. The fourth-order valence-electron chi connectivity index (χ4n) is 4.90. The predicted octanol–water partition coefficient (Wildman–Crippen LogP) is 4.58. The Kier molecular flexibility index (Phi) is 2.58. The summed E-state index contributed by atoms with van der Waals surface area (Å²) in [6.45, 7) is 0. The molecule has 2 heteroatoms. The van der Waals surface area contributed by atoms with Gasteiger partial charge >= 0.3 is 0 Å². The van der Waals surface area contributed by atoms with Crippen LogP contribution >= 0.6 is 11.6 Å². The number of hydrogen-bond acceptors (Lipinski definition) is 1. The molecule has 1 aromatic carbocycles. The molecule has 4 aliphatic carbocycles. The topological polar surface area (TPSA) is 12.0 Å². The standard InChI is InChI=1S/C16H20ClN/c17-14-1-3-15(4-2-14)18-16-12-6-10-5-11(8-12)9-13(16)7-10/h1-4,10-13,16,18H,5-9H2.